The molecule has 4 nitrogen and oxygen atoms in total. The molecule has 2 heterocycles. The third-order valence-electron chi connectivity index (χ3n) is 4.99. The van der Waals surface area contributed by atoms with Crippen LogP contribution in [-0.4, -0.2) is 34.4 Å². The molecule has 0 aromatic carbocycles. The van der Waals surface area contributed by atoms with Crippen molar-refractivity contribution >= 4 is 5.91 Å². The zero-order valence-corrected chi connectivity index (χ0v) is 13.0. The highest BCUT2D eigenvalue weighted by molar-refractivity contribution is 5.83. The molecule has 1 saturated carbocycles. The van der Waals surface area contributed by atoms with Gasteiger partial charge in [-0.1, -0.05) is 12.5 Å². The monoisotopic (exact) mass is 287 g/mol. The predicted molar refractivity (Wildman–Crippen MR) is 82.5 cm³/mol. The topological polar surface area (TPSA) is 45.2 Å². The summed E-state index contributed by atoms with van der Waals surface area (Å²) in [7, 11) is 0. The van der Waals surface area contributed by atoms with Crippen molar-refractivity contribution in [3.63, 3.8) is 0 Å². The summed E-state index contributed by atoms with van der Waals surface area (Å²) in [5.74, 6) is 1.53. The maximum absolute atomic E-state index is 13.0. The number of hydrogen-bond acceptors (Lipinski definition) is 3. The van der Waals surface area contributed by atoms with Crippen LogP contribution in [0.25, 0.3) is 0 Å². The number of aromatic nitrogens is 1. The van der Waals surface area contributed by atoms with E-state index in [1.807, 2.05) is 23.2 Å². The van der Waals surface area contributed by atoms with E-state index in [0.29, 0.717) is 18.4 Å². The van der Waals surface area contributed by atoms with Gasteiger partial charge in [0.25, 0.3) is 0 Å². The van der Waals surface area contributed by atoms with Gasteiger partial charge in [-0.05, 0) is 56.7 Å². The van der Waals surface area contributed by atoms with Gasteiger partial charge in [0, 0.05) is 25.0 Å². The Morgan fingerprint density at radius 3 is 3.05 bits per heavy atom. The van der Waals surface area contributed by atoms with E-state index in [1.165, 1.54) is 19.3 Å². The fourth-order valence-corrected chi connectivity index (χ4v) is 3.84. The Hall–Kier alpha value is -1.42. The van der Waals surface area contributed by atoms with E-state index in [-0.39, 0.29) is 18.0 Å². The molecular weight excluding hydrogens is 262 g/mol. The minimum Gasteiger partial charge on any atom is -0.335 e. The Morgan fingerprint density at radius 2 is 2.33 bits per heavy atom. The number of carbonyl (C=O) groups is 1. The highest BCUT2D eigenvalue weighted by Gasteiger charge is 2.44. The summed E-state index contributed by atoms with van der Waals surface area (Å²) >= 11 is 0. The molecule has 4 heteroatoms. The van der Waals surface area contributed by atoms with Gasteiger partial charge in [0.1, 0.15) is 0 Å². The normalized spacial score (nSPS) is 27.9. The third kappa shape index (κ3) is 2.95. The maximum atomic E-state index is 13.0. The summed E-state index contributed by atoms with van der Waals surface area (Å²) in [6, 6.07) is 4.20. The molecule has 3 rings (SSSR count). The Balaban J connectivity index is 1.73. The van der Waals surface area contributed by atoms with Crippen molar-refractivity contribution in [3.8, 4) is 0 Å². The van der Waals surface area contributed by atoms with Crippen molar-refractivity contribution in [2.75, 3.05) is 6.54 Å². The summed E-state index contributed by atoms with van der Waals surface area (Å²) in [6.45, 7) is 5.85. The summed E-state index contributed by atoms with van der Waals surface area (Å²) < 4.78 is 0. The number of pyridine rings is 1. The van der Waals surface area contributed by atoms with Crippen molar-refractivity contribution in [2.24, 2.45) is 11.8 Å². The summed E-state index contributed by atoms with van der Waals surface area (Å²) in [4.78, 5) is 19.1. The Labute approximate surface area is 126 Å². The van der Waals surface area contributed by atoms with E-state index >= 15 is 0 Å². The molecule has 1 saturated heterocycles. The first-order valence-corrected chi connectivity index (χ1v) is 8.09. The van der Waals surface area contributed by atoms with Crippen LogP contribution >= 0.6 is 0 Å². The Morgan fingerprint density at radius 1 is 1.48 bits per heavy atom. The molecule has 3 atom stereocenters. The molecule has 2 fully saturated rings. The van der Waals surface area contributed by atoms with E-state index in [1.54, 1.807) is 6.20 Å². The van der Waals surface area contributed by atoms with Crippen LogP contribution in [0.2, 0.25) is 0 Å². The molecule has 1 N–H and O–H groups in total. The summed E-state index contributed by atoms with van der Waals surface area (Å²) in [6.07, 6.45) is 7.39. The highest BCUT2D eigenvalue weighted by atomic mass is 16.2. The standard InChI is InChI=1S/C17H25N3O/c1-12(2)20(11-13-5-4-8-18-9-13)17(21)16-15-7-3-6-14(15)10-19-16/h4-5,8-9,12,14-16,19H,3,6-7,10-11H2,1-2H3. The van der Waals surface area contributed by atoms with Gasteiger partial charge >= 0.3 is 0 Å². The average molecular weight is 287 g/mol. The third-order valence-corrected chi connectivity index (χ3v) is 4.99. The van der Waals surface area contributed by atoms with Crippen LogP contribution in [0.1, 0.15) is 38.7 Å². The first kappa shape index (κ1) is 14.5. The van der Waals surface area contributed by atoms with E-state index < -0.39 is 0 Å². The number of nitrogens with zero attached hydrogens (tertiary/aromatic N) is 2. The molecule has 1 aromatic rings. The molecule has 1 amide bonds. The molecule has 21 heavy (non-hydrogen) atoms. The highest BCUT2D eigenvalue weighted by Crippen LogP contribution is 2.38. The van der Waals surface area contributed by atoms with Crippen molar-refractivity contribution in [1.29, 1.82) is 0 Å². The number of amides is 1. The van der Waals surface area contributed by atoms with Crippen molar-refractivity contribution in [3.05, 3.63) is 30.1 Å². The second-order valence-corrected chi connectivity index (χ2v) is 6.66. The second kappa shape index (κ2) is 6.14. The largest absolute Gasteiger partial charge is 0.335 e. The molecule has 2 aliphatic rings. The molecule has 0 spiro atoms. The van der Waals surface area contributed by atoms with E-state index in [0.717, 1.165) is 12.1 Å². The van der Waals surface area contributed by atoms with Gasteiger partial charge in [0.2, 0.25) is 5.91 Å². The van der Waals surface area contributed by atoms with Crippen LogP contribution in [0.3, 0.4) is 0 Å². The first-order chi connectivity index (χ1) is 10.2. The van der Waals surface area contributed by atoms with Crippen LogP contribution in [-0.2, 0) is 11.3 Å². The molecule has 1 aromatic heterocycles. The molecule has 114 valence electrons. The van der Waals surface area contributed by atoms with Crippen LogP contribution in [0.5, 0.6) is 0 Å². The SMILES string of the molecule is CC(C)N(Cc1cccnc1)C(=O)C1NCC2CCCC21. The summed E-state index contributed by atoms with van der Waals surface area (Å²) in [5.41, 5.74) is 1.10. The zero-order valence-electron chi connectivity index (χ0n) is 13.0. The zero-order chi connectivity index (χ0) is 14.8. The van der Waals surface area contributed by atoms with E-state index in [9.17, 15) is 4.79 Å². The van der Waals surface area contributed by atoms with Crippen LogP contribution in [0.15, 0.2) is 24.5 Å². The van der Waals surface area contributed by atoms with Crippen molar-refractivity contribution in [2.45, 2.75) is 51.7 Å². The first-order valence-electron chi connectivity index (χ1n) is 8.09. The average Bonchev–Trinajstić information content (AvgIpc) is 3.07. The summed E-state index contributed by atoms with van der Waals surface area (Å²) in [5, 5.41) is 3.47. The number of rotatable bonds is 4. The maximum Gasteiger partial charge on any atom is 0.240 e. The molecule has 0 radical (unpaired) electrons. The minimum absolute atomic E-state index is 0.0246. The van der Waals surface area contributed by atoms with Crippen LogP contribution in [0, 0.1) is 11.8 Å². The van der Waals surface area contributed by atoms with Gasteiger partial charge < -0.3 is 10.2 Å². The molecule has 3 unspecified atom stereocenters. The lowest BCUT2D eigenvalue weighted by Gasteiger charge is -2.31. The van der Waals surface area contributed by atoms with Gasteiger partial charge in [-0.25, -0.2) is 0 Å². The van der Waals surface area contributed by atoms with Crippen LogP contribution in [0.4, 0.5) is 0 Å². The van der Waals surface area contributed by atoms with Gasteiger partial charge in [0.05, 0.1) is 6.04 Å². The molecule has 0 bridgehead atoms. The Bertz CT molecular complexity index is 488. The lowest BCUT2D eigenvalue weighted by molar-refractivity contribution is -0.136. The van der Waals surface area contributed by atoms with Gasteiger partial charge in [0.15, 0.2) is 0 Å². The minimum atomic E-state index is 0.0246. The number of fused-ring (bicyclic) bond motifs is 1. The lowest BCUT2D eigenvalue weighted by Crippen LogP contribution is -2.48. The predicted octanol–water partition coefficient (Wildman–Crippen LogP) is 2.21. The number of nitrogens with one attached hydrogen (secondary N) is 1. The van der Waals surface area contributed by atoms with Crippen LogP contribution < -0.4 is 5.32 Å². The fraction of sp³-hybridized carbons (Fsp3) is 0.647. The van der Waals surface area contributed by atoms with Gasteiger partial charge in [-0.3, -0.25) is 9.78 Å². The lowest BCUT2D eigenvalue weighted by atomic mass is 9.93. The molecule has 1 aliphatic heterocycles. The van der Waals surface area contributed by atoms with Gasteiger partial charge in [-0.2, -0.15) is 0 Å². The molecule has 1 aliphatic carbocycles. The van der Waals surface area contributed by atoms with E-state index in [2.05, 4.69) is 24.1 Å². The molecular formula is C17H25N3O. The number of carbonyl (C=O) groups excluding carboxylic acids is 1. The second-order valence-electron chi connectivity index (χ2n) is 6.66. The number of hydrogen-bond donors (Lipinski definition) is 1. The fourth-order valence-electron chi connectivity index (χ4n) is 3.84. The Kier molecular flexibility index (Phi) is 4.24. The van der Waals surface area contributed by atoms with Gasteiger partial charge in [-0.15, -0.1) is 0 Å². The van der Waals surface area contributed by atoms with Crippen molar-refractivity contribution < 1.29 is 4.79 Å². The van der Waals surface area contributed by atoms with Crippen molar-refractivity contribution in [1.82, 2.24) is 15.2 Å². The smallest absolute Gasteiger partial charge is 0.240 e. The van der Waals surface area contributed by atoms with E-state index in [4.69, 9.17) is 0 Å². The quantitative estimate of drug-likeness (QED) is 0.923.